The SMILES string of the molecule is Cc1nn(C)c(Cl)c1/C=C/C(=O)OCN1C(=O)c2ccccc2C1=O. The molecule has 0 saturated carbocycles. The number of amides is 2. The second-order valence-electron chi connectivity index (χ2n) is 5.42. The topological polar surface area (TPSA) is 81.5 Å². The van der Waals surface area contributed by atoms with Crippen LogP contribution in [0.1, 0.15) is 32.0 Å². The van der Waals surface area contributed by atoms with E-state index < -0.39 is 24.5 Å². The first-order chi connectivity index (χ1) is 11.9. The molecular formula is C17H14ClN3O4. The molecule has 0 atom stereocenters. The van der Waals surface area contributed by atoms with Gasteiger partial charge in [-0.25, -0.2) is 9.69 Å². The Balaban J connectivity index is 1.65. The Morgan fingerprint density at radius 3 is 2.36 bits per heavy atom. The van der Waals surface area contributed by atoms with Gasteiger partial charge in [0.25, 0.3) is 11.8 Å². The summed E-state index contributed by atoms with van der Waals surface area (Å²) in [5.74, 6) is -1.66. The van der Waals surface area contributed by atoms with E-state index in [2.05, 4.69) is 5.10 Å². The van der Waals surface area contributed by atoms with Crippen LogP contribution in [0.2, 0.25) is 5.15 Å². The summed E-state index contributed by atoms with van der Waals surface area (Å²) in [6.07, 6.45) is 2.66. The number of esters is 1. The third kappa shape index (κ3) is 3.06. The van der Waals surface area contributed by atoms with E-state index in [9.17, 15) is 14.4 Å². The second-order valence-corrected chi connectivity index (χ2v) is 5.78. The molecule has 3 rings (SSSR count). The largest absolute Gasteiger partial charge is 0.441 e. The van der Waals surface area contributed by atoms with Crippen molar-refractivity contribution in [2.45, 2.75) is 6.92 Å². The van der Waals surface area contributed by atoms with Gasteiger partial charge in [0, 0.05) is 18.7 Å². The quantitative estimate of drug-likeness (QED) is 0.475. The molecule has 2 amide bonds. The van der Waals surface area contributed by atoms with Gasteiger partial charge in [-0.05, 0) is 25.1 Å². The smallest absolute Gasteiger partial charge is 0.332 e. The summed E-state index contributed by atoms with van der Waals surface area (Å²) in [4.78, 5) is 37.1. The lowest BCUT2D eigenvalue weighted by molar-refractivity contribution is -0.140. The lowest BCUT2D eigenvalue weighted by Gasteiger charge is -2.12. The van der Waals surface area contributed by atoms with Gasteiger partial charge in [0.2, 0.25) is 0 Å². The van der Waals surface area contributed by atoms with E-state index in [1.807, 2.05) is 0 Å². The van der Waals surface area contributed by atoms with Crippen LogP contribution in [0.3, 0.4) is 0 Å². The van der Waals surface area contributed by atoms with Gasteiger partial charge in [0.15, 0.2) is 6.73 Å². The van der Waals surface area contributed by atoms with E-state index in [0.717, 1.165) is 4.90 Å². The van der Waals surface area contributed by atoms with Crippen LogP contribution in [-0.4, -0.2) is 39.2 Å². The van der Waals surface area contributed by atoms with Gasteiger partial charge in [-0.15, -0.1) is 0 Å². The molecule has 7 nitrogen and oxygen atoms in total. The highest BCUT2D eigenvalue weighted by Gasteiger charge is 2.35. The van der Waals surface area contributed by atoms with Gasteiger partial charge >= 0.3 is 5.97 Å². The lowest BCUT2D eigenvalue weighted by Crippen LogP contribution is -2.32. The van der Waals surface area contributed by atoms with Crippen molar-refractivity contribution >= 4 is 35.5 Å². The van der Waals surface area contributed by atoms with E-state index in [-0.39, 0.29) is 0 Å². The van der Waals surface area contributed by atoms with Crippen molar-refractivity contribution in [3.63, 3.8) is 0 Å². The molecule has 1 aliphatic heterocycles. The number of aromatic nitrogens is 2. The summed E-state index contributed by atoms with van der Waals surface area (Å²) < 4.78 is 6.48. The average Bonchev–Trinajstić information content (AvgIpc) is 2.98. The van der Waals surface area contributed by atoms with Crippen molar-refractivity contribution in [3.8, 4) is 0 Å². The molecule has 1 aromatic heterocycles. The molecule has 0 saturated heterocycles. The maximum Gasteiger partial charge on any atom is 0.332 e. The summed E-state index contributed by atoms with van der Waals surface area (Å²) in [7, 11) is 1.69. The van der Waals surface area contributed by atoms with Crippen LogP contribution in [0.5, 0.6) is 0 Å². The van der Waals surface area contributed by atoms with Crippen LogP contribution < -0.4 is 0 Å². The molecule has 1 aromatic carbocycles. The predicted octanol–water partition coefficient (Wildman–Crippen LogP) is 2.19. The minimum absolute atomic E-state index is 0.303. The number of fused-ring (bicyclic) bond motifs is 1. The molecule has 1 aliphatic rings. The second kappa shape index (κ2) is 6.52. The minimum atomic E-state index is -0.698. The zero-order chi connectivity index (χ0) is 18.1. The van der Waals surface area contributed by atoms with Crippen molar-refractivity contribution < 1.29 is 19.1 Å². The van der Waals surface area contributed by atoms with Crippen molar-refractivity contribution in [3.05, 3.63) is 57.9 Å². The molecule has 0 fully saturated rings. The molecular weight excluding hydrogens is 346 g/mol. The standard InChI is InChI=1S/C17H14ClN3O4/c1-10-11(15(18)20(2)19-10)7-8-14(22)25-9-21-16(23)12-5-3-4-6-13(12)17(21)24/h3-8H,9H2,1-2H3/b8-7+. The minimum Gasteiger partial charge on any atom is -0.441 e. The Bertz CT molecular complexity index is 882. The first-order valence-electron chi connectivity index (χ1n) is 7.39. The van der Waals surface area contributed by atoms with Gasteiger partial charge in [0.1, 0.15) is 5.15 Å². The van der Waals surface area contributed by atoms with Crippen LogP contribution >= 0.6 is 11.6 Å². The molecule has 25 heavy (non-hydrogen) atoms. The van der Waals surface area contributed by atoms with Crippen molar-refractivity contribution in [2.75, 3.05) is 6.73 Å². The van der Waals surface area contributed by atoms with Crippen LogP contribution in [-0.2, 0) is 16.6 Å². The maximum atomic E-state index is 12.2. The molecule has 0 aliphatic carbocycles. The van der Waals surface area contributed by atoms with Crippen molar-refractivity contribution in [1.82, 2.24) is 14.7 Å². The Hall–Kier alpha value is -2.93. The number of ether oxygens (including phenoxy) is 1. The van der Waals surface area contributed by atoms with Gasteiger partial charge in [-0.3, -0.25) is 14.3 Å². The Labute approximate surface area is 148 Å². The van der Waals surface area contributed by atoms with Crippen LogP contribution in [0.25, 0.3) is 6.08 Å². The number of nitrogens with zero attached hydrogens (tertiary/aromatic N) is 3. The van der Waals surface area contributed by atoms with Gasteiger partial charge in [0.05, 0.1) is 16.8 Å². The molecule has 0 radical (unpaired) electrons. The molecule has 2 heterocycles. The number of aryl methyl sites for hydroxylation is 2. The molecule has 8 heteroatoms. The molecule has 0 unspecified atom stereocenters. The van der Waals surface area contributed by atoms with E-state index in [1.54, 1.807) is 38.2 Å². The fourth-order valence-corrected chi connectivity index (χ4v) is 2.76. The van der Waals surface area contributed by atoms with E-state index >= 15 is 0 Å². The molecule has 0 N–H and O–H groups in total. The zero-order valence-corrected chi connectivity index (χ0v) is 14.3. The van der Waals surface area contributed by atoms with E-state index in [4.69, 9.17) is 16.3 Å². The third-order valence-corrected chi connectivity index (χ3v) is 4.24. The Kier molecular flexibility index (Phi) is 4.41. The summed E-state index contributed by atoms with van der Waals surface area (Å²) in [5.41, 5.74) is 1.87. The summed E-state index contributed by atoms with van der Waals surface area (Å²) in [5, 5.41) is 4.51. The Morgan fingerprint density at radius 2 is 1.84 bits per heavy atom. The van der Waals surface area contributed by atoms with E-state index in [0.29, 0.717) is 27.5 Å². The molecule has 128 valence electrons. The predicted molar refractivity (Wildman–Crippen MR) is 89.9 cm³/mol. The fourth-order valence-electron chi connectivity index (χ4n) is 2.52. The van der Waals surface area contributed by atoms with Crippen molar-refractivity contribution in [2.24, 2.45) is 7.05 Å². The first kappa shape index (κ1) is 16.9. The highest BCUT2D eigenvalue weighted by atomic mass is 35.5. The average molecular weight is 360 g/mol. The van der Waals surface area contributed by atoms with Gasteiger partial charge < -0.3 is 4.74 Å². The normalized spacial score (nSPS) is 13.6. The number of hydrogen-bond donors (Lipinski definition) is 0. The Morgan fingerprint density at radius 1 is 1.24 bits per heavy atom. The summed E-state index contributed by atoms with van der Waals surface area (Å²) in [6.45, 7) is 1.31. The summed E-state index contributed by atoms with van der Waals surface area (Å²) in [6, 6.07) is 6.46. The fraction of sp³-hybridized carbons (Fsp3) is 0.176. The number of imide groups is 1. The number of benzene rings is 1. The number of halogens is 1. The molecule has 0 spiro atoms. The highest BCUT2D eigenvalue weighted by molar-refractivity contribution is 6.31. The van der Waals surface area contributed by atoms with Crippen LogP contribution in [0.4, 0.5) is 0 Å². The lowest BCUT2D eigenvalue weighted by atomic mass is 10.1. The van der Waals surface area contributed by atoms with Crippen LogP contribution in [0, 0.1) is 6.92 Å². The zero-order valence-electron chi connectivity index (χ0n) is 13.5. The molecule has 2 aromatic rings. The number of carbonyl (C=O) groups excluding carboxylic acids is 3. The highest BCUT2D eigenvalue weighted by Crippen LogP contribution is 2.22. The van der Waals surface area contributed by atoms with Gasteiger partial charge in [-0.2, -0.15) is 5.10 Å². The maximum absolute atomic E-state index is 12.2. The number of hydrogen-bond acceptors (Lipinski definition) is 5. The van der Waals surface area contributed by atoms with E-state index in [1.165, 1.54) is 16.8 Å². The molecule has 0 bridgehead atoms. The summed E-state index contributed by atoms with van der Waals surface area (Å²) >= 11 is 6.07. The van der Waals surface area contributed by atoms with Gasteiger partial charge in [-0.1, -0.05) is 23.7 Å². The monoisotopic (exact) mass is 359 g/mol. The number of rotatable bonds is 4. The van der Waals surface area contributed by atoms with Crippen LogP contribution in [0.15, 0.2) is 30.3 Å². The van der Waals surface area contributed by atoms with Crippen molar-refractivity contribution in [1.29, 1.82) is 0 Å². The number of carbonyl (C=O) groups is 3. The third-order valence-electron chi connectivity index (χ3n) is 3.80. The first-order valence-corrected chi connectivity index (χ1v) is 7.77.